The molecule has 1 aromatic carbocycles. The van der Waals surface area contributed by atoms with Crippen LogP contribution in [0.15, 0.2) is 36.4 Å². The number of aromatic amines is 1. The maximum atomic E-state index is 12.3. The Morgan fingerprint density at radius 1 is 1.46 bits per heavy atom. The fourth-order valence-corrected chi connectivity index (χ4v) is 3.02. The number of carboxylic acid groups (broad SMARTS) is 1. The van der Waals surface area contributed by atoms with Gasteiger partial charge in [-0.15, -0.1) is 0 Å². The number of carbonyl (C=O) groups excluding carboxylic acids is 1. The average molecular weight is 358 g/mol. The fraction of sp³-hybridized carbons (Fsp3) is 0.421. The molecule has 1 aromatic heterocycles. The largest absolute Gasteiger partial charge is 0.483 e. The minimum Gasteiger partial charge on any atom is -0.483 e. The van der Waals surface area contributed by atoms with Crippen molar-refractivity contribution in [1.29, 1.82) is 0 Å². The van der Waals surface area contributed by atoms with E-state index in [1.165, 1.54) is 0 Å². The number of urea groups is 1. The van der Waals surface area contributed by atoms with E-state index in [4.69, 9.17) is 9.90 Å². The summed E-state index contributed by atoms with van der Waals surface area (Å²) < 4.78 is 0. The number of amides is 2. The monoisotopic (exact) mass is 358 g/mol. The second-order valence-electron chi connectivity index (χ2n) is 6.46. The van der Waals surface area contributed by atoms with Gasteiger partial charge < -0.3 is 20.3 Å². The van der Waals surface area contributed by atoms with Gasteiger partial charge in [-0.3, -0.25) is 4.79 Å². The molecule has 0 fully saturated rings. The summed E-state index contributed by atoms with van der Waals surface area (Å²) in [5.74, 6) is 1.42. The minimum atomic E-state index is -0.250. The standard InChI is InChI=1S/C18H24N4O.CH2O2/c1-13(2)16-9-6-12-22(16)18(23)19-11-5-10-17-20-14-7-3-4-8-15(14)21-17;2-1-3/h3-4,6-9,13,16H,5,10-12H2,1-2H3,(H,19,23)(H,20,21);1H,(H,2,3). The highest BCUT2D eigenvalue weighted by Gasteiger charge is 2.26. The van der Waals surface area contributed by atoms with E-state index in [1.807, 2.05) is 29.2 Å². The molecule has 26 heavy (non-hydrogen) atoms. The van der Waals surface area contributed by atoms with Crippen LogP contribution in [0, 0.1) is 5.92 Å². The van der Waals surface area contributed by atoms with Crippen LogP contribution in [0.25, 0.3) is 11.0 Å². The molecule has 2 heterocycles. The first kappa shape index (κ1) is 19.5. The number of imidazole rings is 1. The topological polar surface area (TPSA) is 98.3 Å². The Bertz CT molecular complexity index is 721. The Morgan fingerprint density at radius 2 is 2.19 bits per heavy atom. The Morgan fingerprint density at radius 3 is 2.88 bits per heavy atom. The van der Waals surface area contributed by atoms with Crippen molar-refractivity contribution < 1.29 is 14.7 Å². The van der Waals surface area contributed by atoms with E-state index in [0.29, 0.717) is 19.0 Å². The second kappa shape index (κ2) is 9.60. The zero-order chi connectivity index (χ0) is 18.9. The number of aromatic nitrogens is 2. The Labute approximate surface area is 153 Å². The summed E-state index contributed by atoms with van der Waals surface area (Å²) in [5, 5.41) is 9.91. The molecule has 0 saturated heterocycles. The van der Waals surface area contributed by atoms with Crippen LogP contribution in [0.1, 0.15) is 26.1 Å². The number of rotatable bonds is 5. The highest BCUT2D eigenvalue weighted by atomic mass is 16.3. The van der Waals surface area contributed by atoms with E-state index in [0.717, 1.165) is 29.7 Å². The molecule has 2 aromatic rings. The van der Waals surface area contributed by atoms with Crippen LogP contribution in [0.4, 0.5) is 4.79 Å². The molecule has 0 bridgehead atoms. The Balaban J connectivity index is 0.000000758. The zero-order valence-corrected chi connectivity index (χ0v) is 15.2. The fourth-order valence-electron chi connectivity index (χ4n) is 3.02. The maximum Gasteiger partial charge on any atom is 0.318 e. The Kier molecular flexibility index (Phi) is 7.20. The van der Waals surface area contributed by atoms with Crippen LogP contribution in [0.5, 0.6) is 0 Å². The van der Waals surface area contributed by atoms with Gasteiger partial charge >= 0.3 is 6.03 Å². The van der Waals surface area contributed by atoms with Gasteiger partial charge in [0.25, 0.3) is 6.47 Å². The molecule has 3 rings (SSSR count). The van der Waals surface area contributed by atoms with Crippen molar-refractivity contribution in [3.8, 4) is 0 Å². The molecule has 1 aliphatic rings. The lowest BCUT2D eigenvalue weighted by Crippen LogP contribution is -2.45. The van der Waals surface area contributed by atoms with Gasteiger partial charge in [0, 0.05) is 19.5 Å². The van der Waals surface area contributed by atoms with Crippen LogP contribution >= 0.6 is 0 Å². The van der Waals surface area contributed by atoms with Crippen LogP contribution in [0.2, 0.25) is 0 Å². The van der Waals surface area contributed by atoms with Gasteiger partial charge in [-0.1, -0.05) is 38.1 Å². The lowest BCUT2D eigenvalue weighted by Gasteiger charge is -2.27. The van der Waals surface area contributed by atoms with Crippen molar-refractivity contribution in [2.24, 2.45) is 5.92 Å². The summed E-state index contributed by atoms with van der Waals surface area (Å²) in [6.45, 7) is 5.40. The quantitative estimate of drug-likeness (QED) is 0.435. The predicted molar refractivity (Wildman–Crippen MR) is 101 cm³/mol. The SMILES string of the molecule is CC(C)C1C=CCN1C(=O)NCCCc1nc2ccccc2[nH]1.O=CO. The van der Waals surface area contributed by atoms with Crippen LogP contribution < -0.4 is 5.32 Å². The molecule has 7 nitrogen and oxygen atoms in total. The van der Waals surface area contributed by atoms with E-state index in [2.05, 4.69) is 41.3 Å². The van der Waals surface area contributed by atoms with E-state index in [-0.39, 0.29) is 18.5 Å². The van der Waals surface area contributed by atoms with Gasteiger partial charge in [0.05, 0.1) is 17.1 Å². The number of H-pyrrole nitrogens is 1. The zero-order valence-electron chi connectivity index (χ0n) is 15.2. The number of nitrogens with zero attached hydrogens (tertiary/aromatic N) is 2. The molecule has 2 amide bonds. The summed E-state index contributed by atoms with van der Waals surface area (Å²) >= 11 is 0. The third-order valence-corrected chi connectivity index (χ3v) is 4.24. The molecule has 1 aliphatic heterocycles. The van der Waals surface area contributed by atoms with E-state index in [1.54, 1.807) is 0 Å². The molecule has 7 heteroatoms. The molecule has 1 unspecified atom stereocenters. The van der Waals surface area contributed by atoms with Gasteiger partial charge in [0.2, 0.25) is 0 Å². The van der Waals surface area contributed by atoms with E-state index >= 15 is 0 Å². The first-order chi connectivity index (χ1) is 12.6. The minimum absolute atomic E-state index is 0.0262. The molecule has 0 aliphatic carbocycles. The number of benzene rings is 1. The summed E-state index contributed by atoms with van der Waals surface area (Å²) in [6.07, 6.45) is 5.90. The Hall–Kier alpha value is -2.83. The smallest absolute Gasteiger partial charge is 0.318 e. The van der Waals surface area contributed by atoms with E-state index < -0.39 is 0 Å². The second-order valence-corrected chi connectivity index (χ2v) is 6.46. The first-order valence-electron chi connectivity index (χ1n) is 8.79. The van der Waals surface area contributed by atoms with Crippen molar-refractivity contribution in [1.82, 2.24) is 20.2 Å². The maximum absolute atomic E-state index is 12.3. The van der Waals surface area contributed by atoms with Crippen molar-refractivity contribution in [2.45, 2.75) is 32.7 Å². The van der Waals surface area contributed by atoms with Gasteiger partial charge in [0.1, 0.15) is 5.82 Å². The van der Waals surface area contributed by atoms with Crippen LogP contribution in [-0.2, 0) is 11.2 Å². The molecular weight excluding hydrogens is 332 g/mol. The molecule has 0 saturated carbocycles. The molecule has 1 atom stereocenters. The summed E-state index contributed by atoms with van der Waals surface area (Å²) in [4.78, 5) is 30.4. The number of para-hydroxylation sites is 2. The number of aryl methyl sites for hydroxylation is 1. The van der Waals surface area contributed by atoms with Crippen molar-refractivity contribution >= 4 is 23.5 Å². The molecule has 3 N–H and O–H groups in total. The number of hydrogen-bond donors (Lipinski definition) is 3. The summed E-state index contributed by atoms with van der Waals surface area (Å²) in [6, 6.07) is 8.26. The third-order valence-electron chi connectivity index (χ3n) is 4.24. The summed E-state index contributed by atoms with van der Waals surface area (Å²) in [7, 11) is 0. The highest BCUT2D eigenvalue weighted by Crippen LogP contribution is 2.17. The van der Waals surface area contributed by atoms with Crippen molar-refractivity contribution in [3.63, 3.8) is 0 Å². The predicted octanol–water partition coefficient (Wildman–Crippen LogP) is 2.80. The molecule has 0 spiro atoms. The average Bonchev–Trinajstić information content (AvgIpc) is 3.25. The third kappa shape index (κ3) is 5.08. The number of hydrogen-bond acceptors (Lipinski definition) is 3. The normalized spacial score (nSPS) is 15.8. The summed E-state index contributed by atoms with van der Waals surface area (Å²) in [5.41, 5.74) is 2.06. The van der Waals surface area contributed by atoms with E-state index in [9.17, 15) is 4.79 Å². The van der Waals surface area contributed by atoms with Crippen LogP contribution in [0.3, 0.4) is 0 Å². The van der Waals surface area contributed by atoms with Gasteiger partial charge in [0.15, 0.2) is 0 Å². The lowest BCUT2D eigenvalue weighted by molar-refractivity contribution is -0.122. The number of fused-ring (bicyclic) bond motifs is 1. The van der Waals surface area contributed by atoms with Crippen LogP contribution in [-0.4, -0.2) is 51.6 Å². The molecular formula is C19H26N4O3. The lowest BCUT2D eigenvalue weighted by atomic mass is 10.1. The van der Waals surface area contributed by atoms with Gasteiger partial charge in [-0.05, 0) is 24.5 Å². The number of carbonyl (C=O) groups is 2. The van der Waals surface area contributed by atoms with Crippen molar-refractivity contribution in [2.75, 3.05) is 13.1 Å². The molecule has 0 radical (unpaired) electrons. The number of nitrogens with one attached hydrogen (secondary N) is 2. The highest BCUT2D eigenvalue weighted by molar-refractivity contribution is 5.76. The van der Waals surface area contributed by atoms with Crippen molar-refractivity contribution in [3.05, 3.63) is 42.2 Å². The first-order valence-corrected chi connectivity index (χ1v) is 8.79. The van der Waals surface area contributed by atoms with Gasteiger partial charge in [-0.25, -0.2) is 9.78 Å². The van der Waals surface area contributed by atoms with Gasteiger partial charge in [-0.2, -0.15) is 0 Å². The molecule has 140 valence electrons.